The number of anilines is 1. The first-order chi connectivity index (χ1) is 7.52. The zero-order chi connectivity index (χ0) is 11.8. The van der Waals surface area contributed by atoms with Gasteiger partial charge >= 0.3 is 5.97 Å². The monoisotopic (exact) mass is 224 g/mol. The summed E-state index contributed by atoms with van der Waals surface area (Å²) in [6.07, 6.45) is 3.52. The summed E-state index contributed by atoms with van der Waals surface area (Å²) in [6, 6.07) is 1.15. The lowest BCUT2D eigenvalue weighted by molar-refractivity contribution is 0.0692. The third-order valence-electron chi connectivity index (χ3n) is 2.91. The minimum atomic E-state index is -1.28. The van der Waals surface area contributed by atoms with E-state index in [9.17, 15) is 9.18 Å². The van der Waals surface area contributed by atoms with E-state index in [2.05, 4.69) is 17.2 Å². The number of nitrogens with zero attached hydrogens (tertiary/aromatic N) is 1. The molecule has 0 amide bonds. The molecule has 16 heavy (non-hydrogen) atoms. The summed E-state index contributed by atoms with van der Waals surface area (Å²) in [5, 5.41) is 11.6. The number of carboxylic acid groups (broad SMARTS) is 1. The summed E-state index contributed by atoms with van der Waals surface area (Å²) in [5.74, 6) is -2.05. The minimum Gasteiger partial charge on any atom is -0.478 e. The summed E-state index contributed by atoms with van der Waals surface area (Å²) in [7, 11) is 0. The number of aromatic nitrogens is 1. The van der Waals surface area contributed by atoms with Gasteiger partial charge in [-0.15, -0.1) is 0 Å². The number of pyridine rings is 1. The third-order valence-corrected chi connectivity index (χ3v) is 2.91. The molecule has 0 radical (unpaired) electrons. The highest BCUT2D eigenvalue weighted by atomic mass is 19.1. The van der Waals surface area contributed by atoms with Crippen LogP contribution < -0.4 is 5.32 Å². The maximum atomic E-state index is 13.6. The smallest absolute Gasteiger partial charge is 0.338 e. The van der Waals surface area contributed by atoms with E-state index in [-0.39, 0.29) is 16.8 Å². The van der Waals surface area contributed by atoms with Gasteiger partial charge in [0.05, 0.1) is 0 Å². The first-order valence-electron chi connectivity index (χ1n) is 5.13. The molecule has 2 rings (SSSR count). The number of nitrogens with one attached hydrogen (secondary N) is 1. The van der Waals surface area contributed by atoms with Crippen LogP contribution in [0.1, 0.15) is 30.1 Å². The Morgan fingerprint density at radius 2 is 2.38 bits per heavy atom. The Balaban J connectivity index is 2.14. The maximum Gasteiger partial charge on any atom is 0.338 e. The van der Waals surface area contributed by atoms with Crippen LogP contribution in [0.5, 0.6) is 0 Å². The molecule has 86 valence electrons. The Kier molecular flexibility index (Phi) is 2.53. The molecule has 1 heterocycles. The van der Waals surface area contributed by atoms with Crippen LogP contribution in [-0.4, -0.2) is 22.6 Å². The molecule has 0 unspecified atom stereocenters. The topological polar surface area (TPSA) is 62.2 Å². The van der Waals surface area contributed by atoms with Crippen molar-refractivity contribution in [2.45, 2.75) is 19.8 Å². The number of carbonyl (C=O) groups is 1. The van der Waals surface area contributed by atoms with E-state index in [4.69, 9.17) is 5.11 Å². The lowest BCUT2D eigenvalue weighted by atomic mass is 10.1. The van der Waals surface area contributed by atoms with Crippen LogP contribution in [0.15, 0.2) is 12.3 Å². The number of hydrogen-bond donors (Lipinski definition) is 2. The molecule has 1 aliphatic carbocycles. The van der Waals surface area contributed by atoms with Gasteiger partial charge in [0.1, 0.15) is 5.56 Å². The van der Waals surface area contributed by atoms with E-state index in [1.807, 2.05) is 0 Å². The standard InChI is InChI=1S/C11H13FN2O2/c1-11(3-4-11)6-14-9-8(12)7(10(15)16)2-5-13-9/h2,5H,3-4,6H2,1H3,(H,13,14)(H,15,16). The zero-order valence-corrected chi connectivity index (χ0v) is 8.96. The van der Waals surface area contributed by atoms with Crippen molar-refractivity contribution in [3.63, 3.8) is 0 Å². The zero-order valence-electron chi connectivity index (χ0n) is 8.96. The second-order valence-corrected chi connectivity index (χ2v) is 4.49. The summed E-state index contributed by atoms with van der Waals surface area (Å²) in [4.78, 5) is 14.5. The second-order valence-electron chi connectivity index (χ2n) is 4.49. The van der Waals surface area contributed by atoms with Crippen molar-refractivity contribution in [3.05, 3.63) is 23.6 Å². The number of carboxylic acids is 1. The maximum absolute atomic E-state index is 13.6. The van der Waals surface area contributed by atoms with Gasteiger partial charge in [-0.25, -0.2) is 14.2 Å². The average molecular weight is 224 g/mol. The molecular formula is C11H13FN2O2. The van der Waals surface area contributed by atoms with E-state index >= 15 is 0 Å². The average Bonchev–Trinajstić information content (AvgIpc) is 2.95. The van der Waals surface area contributed by atoms with Crippen LogP contribution in [0, 0.1) is 11.2 Å². The van der Waals surface area contributed by atoms with Gasteiger partial charge in [-0.2, -0.15) is 0 Å². The van der Waals surface area contributed by atoms with Gasteiger partial charge in [0.2, 0.25) is 0 Å². The van der Waals surface area contributed by atoms with E-state index in [0.29, 0.717) is 6.54 Å². The summed E-state index contributed by atoms with van der Waals surface area (Å²) in [6.45, 7) is 2.72. The highest BCUT2D eigenvalue weighted by molar-refractivity contribution is 5.88. The number of halogens is 1. The van der Waals surface area contributed by atoms with Crippen molar-refractivity contribution in [3.8, 4) is 0 Å². The normalized spacial score (nSPS) is 16.9. The fraction of sp³-hybridized carbons (Fsp3) is 0.455. The van der Waals surface area contributed by atoms with Crippen LogP contribution in [0.2, 0.25) is 0 Å². The predicted octanol–water partition coefficient (Wildman–Crippen LogP) is 2.13. The Hall–Kier alpha value is -1.65. The fourth-order valence-corrected chi connectivity index (χ4v) is 1.42. The second kappa shape index (κ2) is 3.73. The Bertz CT molecular complexity index is 430. The lowest BCUT2D eigenvalue weighted by Gasteiger charge is -2.11. The van der Waals surface area contributed by atoms with Crippen molar-refractivity contribution in [2.24, 2.45) is 5.41 Å². The van der Waals surface area contributed by atoms with Crippen LogP contribution in [-0.2, 0) is 0 Å². The van der Waals surface area contributed by atoms with Gasteiger partial charge in [-0.05, 0) is 24.3 Å². The number of hydrogen-bond acceptors (Lipinski definition) is 3. The molecule has 1 aliphatic rings. The number of aromatic carboxylic acids is 1. The molecule has 4 nitrogen and oxygen atoms in total. The van der Waals surface area contributed by atoms with Gasteiger partial charge in [0.15, 0.2) is 11.6 Å². The van der Waals surface area contributed by atoms with Crippen LogP contribution in [0.25, 0.3) is 0 Å². The molecule has 2 N–H and O–H groups in total. The Morgan fingerprint density at radius 1 is 1.69 bits per heavy atom. The van der Waals surface area contributed by atoms with Crippen LogP contribution in [0.4, 0.5) is 10.2 Å². The largest absolute Gasteiger partial charge is 0.478 e. The summed E-state index contributed by atoms with van der Waals surface area (Å²) >= 11 is 0. The van der Waals surface area contributed by atoms with Crippen molar-refractivity contribution < 1.29 is 14.3 Å². The van der Waals surface area contributed by atoms with Crippen molar-refractivity contribution in [1.82, 2.24) is 4.98 Å². The molecule has 0 spiro atoms. The Morgan fingerprint density at radius 3 is 2.94 bits per heavy atom. The van der Waals surface area contributed by atoms with Gasteiger partial charge in [0.25, 0.3) is 0 Å². The van der Waals surface area contributed by atoms with Crippen molar-refractivity contribution in [2.75, 3.05) is 11.9 Å². The molecular weight excluding hydrogens is 211 g/mol. The molecule has 1 aromatic rings. The summed E-state index contributed by atoms with van der Waals surface area (Å²) in [5.41, 5.74) is -0.133. The van der Waals surface area contributed by atoms with E-state index in [0.717, 1.165) is 18.9 Å². The first-order valence-corrected chi connectivity index (χ1v) is 5.13. The van der Waals surface area contributed by atoms with Gasteiger partial charge in [-0.1, -0.05) is 6.92 Å². The highest BCUT2D eigenvalue weighted by Gasteiger charge is 2.37. The molecule has 0 bridgehead atoms. The molecule has 1 aromatic heterocycles. The lowest BCUT2D eigenvalue weighted by Crippen LogP contribution is -2.15. The highest BCUT2D eigenvalue weighted by Crippen LogP contribution is 2.44. The van der Waals surface area contributed by atoms with E-state index in [1.165, 1.54) is 6.20 Å². The minimum absolute atomic E-state index is 0.0213. The summed E-state index contributed by atoms with van der Waals surface area (Å²) < 4.78 is 13.6. The quantitative estimate of drug-likeness (QED) is 0.822. The Labute approximate surface area is 92.5 Å². The van der Waals surface area contributed by atoms with Gasteiger partial charge in [0, 0.05) is 12.7 Å². The van der Waals surface area contributed by atoms with E-state index in [1.54, 1.807) is 0 Å². The van der Waals surface area contributed by atoms with Crippen molar-refractivity contribution >= 4 is 11.8 Å². The van der Waals surface area contributed by atoms with Crippen LogP contribution >= 0.6 is 0 Å². The first kappa shape index (κ1) is 10.9. The molecule has 5 heteroatoms. The van der Waals surface area contributed by atoms with Crippen molar-refractivity contribution in [1.29, 1.82) is 0 Å². The van der Waals surface area contributed by atoms with E-state index < -0.39 is 11.8 Å². The van der Waals surface area contributed by atoms with Gasteiger partial charge < -0.3 is 10.4 Å². The molecule has 1 fully saturated rings. The molecule has 0 saturated heterocycles. The molecule has 0 aromatic carbocycles. The third kappa shape index (κ3) is 2.13. The molecule has 0 aliphatic heterocycles. The molecule has 0 atom stereocenters. The molecule has 1 saturated carbocycles. The van der Waals surface area contributed by atoms with Gasteiger partial charge in [-0.3, -0.25) is 0 Å². The van der Waals surface area contributed by atoms with Crippen LogP contribution in [0.3, 0.4) is 0 Å². The SMILES string of the molecule is CC1(CNc2nccc(C(=O)O)c2F)CC1. The number of rotatable bonds is 4. The fourth-order valence-electron chi connectivity index (χ4n) is 1.42. The predicted molar refractivity (Wildman–Crippen MR) is 57.0 cm³/mol.